The number of piperidine rings is 1. The molecule has 5 heteroatoms. The number of hydrogen-bond acceptors (Lipinski definition) is 3. The van der Waals surface area contributed by atoms with Gasteiger partial charge in [0.15, 0.2) is 0 Å². The van der Waals surface area contributed by atoms with Gasteiger partial charge in [-0.15, -0.1) is 0 Å². The number of aryl methyl sites for hydroxylation is 1. The van der Waals surface area contributed by atoms with Gasteiger partial charge in [-0.3, -0.25) is 14.9 Å². The van der Waals surface area contributed by atoms with E-state index in [1.165, 1.54) is 0 Å². The van der Waals surface area contributed by atoms with Gasteiger partial charge in [-0.25, -0.2) is 0 Å². The van der Waals surface area contributed by atoms with Crippen LogP contribution in [0, 0.1) is 0 Å². The number of amides is 2. The summed E-state index contributed by atoms with van der Waals surface area (Å²) < 4.78 is 1.97. The maximum atomic E-state index is 11.9. The summed E-state index contributed by atoms with van der Waals surface area (Å²) in [5, 5.41) is 3.36. The second-order valence-electron chi connectivity index (χ2n) is 4.97. The van der Waals surface area contributed by atoms with E-state index in [4.69, 9.17) is 5.73 Å². The van der Waals surface area contributed by atoms with Crippen LogP contribution in [0.3, 0.4) is 0 Å². The van der Waals surface area contributed by atoms with Gasteiger partial charge < -0.3 is 10.3 Å². The minimum Gasteiger partial charge on any atom is -0.398 e. The molecule has 3 rings (SSSR count). The van der Waals surface area contributed by atoms with Crippen molar-refractivity contribution in [3.63, 3.8) is 0 Å². The van der Waals surface area contributed by atoms with Gasteiger partial charge in [0, 0.05) is 30.7 Å². The molecule has 1 fully saturated rings. The lowest BCUT2D eigenvalue weighted by Crippen LogP contribution is -2.39. The molecule has 1 aromatic heterocycles. The largest absolute Gasteiger partial charge is 0.398 e. The van der Waals surface area contributed by atoms with E-state index in [1.807, 2.05) is 36.0 Å². The van der Waals surface area contributed by atoms with E-state index >= 15 is 0 Å². The Morgan fingerprint density at radius 1 is 1.37 bits per heavy atom. The van der Waals surface area contributed by atoms with Crippen LogP contribution in [0.4, 0.5) is 5.69 Å². The summed E-state index contributed by atoms with van der Waals surface area (Å²) in [6.07, 6.45) is 2.86. The van der Waals surface area contributed by atoms with Gasteiger partial charge >= 0.3 is 0 Å². The smallest absolute Gasteiger partial charge is 0.234 e. The molecule has 1 unspecified atom stereocenters. The molecule has 2 aromatic rings. The van der Waals surface area contributed by atoms with E-state index in [0.29, 0.717) is 18.5 Å². The number of aromatic nitrogens is 1. The number of carbonyl (C=O) groups excluding carboxylic acids is 2. The number of hydrogen-bond donors (Lipinski definition) is 2. The Hall–Kier alpha value is -2.30. The van der Waals surface area contributed by atoms with Crippen LogP contribution in [0.1, 0.15) is 24.3 Å². The highest BCUT2D eigenvalue weighted by molar-refractivity contribution is 6.02. The second kappa shape index (κ2) is 4.12. The quantitative estimate of drug-likeness (QED) is 0.597. The molecule has 1 atom stereocenters. The SMILES string of the molecule is Cn1ccc2c(N)cc(C3CCC(=O)NC3=O)cc21. The van der Waals surface area contributed by atoms with E-state index in [2.05, 4.69) is 5.32 Å². The van der Waals surface area contributed by atoms with Gasteiger partial charge in [0.25, 0.3) is 0 Å². The number of nitrogen functional groups attached to an aromatic ring is 1. The normalized spacial score (nSPS) is 19.7. The number of carbonyl (C=O) groups is 2. The number of nitrogens with one attached hydrogen (secondary N) is 1. The number of nitrogens with two attached hydrogens (primary N) is 1. The van der Waals surface area contributed by atoms with Crippen LogP contribution < -0.4 is 11.1 Å². The molecule has 1 aliphatic heterocycles. The lowest BCUT2D eigenvalue weighted by molar-refractivity contribution is -0.134. The topological polar surface area (TPSA) is 77.1 Å². The molecular formula is C14H15N3O2. The van der Waals surface area contributed by atoms with E-state index in [0.717, 1.165) is 16.5 Å². The number of nitrogens with zero attached hydrogens (tertiary/aromatic N) is 1. The van der Waals surface area contributed by atoms with E-state index in [9.17, 15) is 9.59 Å². The highest BCUT2D eigenvalue weighted by atomic mass is 16.2. The van der Waals surface area contributed by atoms with Crippen molar-refractivity contribution in [2.45, 2.75) is 18.8 Å². The number of anilines is 1. The van der Waals surface area contributed by atoms with Gasteiger partial charge in [0.1, 0.15) is 0 Å². The van der Waals surface area contributed by atoms with Crippen molar-refractivity contribution in [1.82, 2.24) is 9.88 Å². The molecule has 0 bridgehead atoms. The molecule has 0 spiro atoms. The van der Waals surface area contributed by atoms with Crippen molar-refractivity contribution in [3.8, 4) is 0 Å². The number of benzene rings is 1. The van der Waals surface area contributed by atoms with Crippen molar-refractivity contribution >= 4 is 28.4 Å². The Kier molecular flexibility index (Phi) is 2.55. The van der Waals surface area contributed by atoms with E-state index in [1.54, 1.807) is 0 Å². The Morgan fingerprint density at radius 2 is 2.16 bits per heavy atom. The minimum absolute atomic E-state index is 0.200. The van der Waals surface area contributed by atoms with Gasteiger partial charge in [-0.1, -0.05) is 0 Å². The highest BCUT2D eigenvalue weighted by Crippen LogP contribution is 2.31. The van der Waals surface area contributed by atoms with Crippen LogP contribution in [0.25, 0.3) is 10.9 Å². The molecule has 0 aliphatic carbocycles. The predicted octanol–water partition coefficient (Wildman–Crippen LogP) is 1.28. The zero-order chi connectivity index (χ0) is 13.6. The highest BCUT2D eigenvalue weighted by Gasteiger charge is 2.28. The lowest BCUT2D eigenvalue weighted by Gasteiger charge is -2.21. The van der Waals surface area contributed by atoms with Crippen molar-refractivity contribution < 1.29 is 9.59 Å². The molecule has 3 N–H and O–H groups in total. The van der Waals surface area contributed by atoms with Gasteiger partial charge in [-0.2, -0.15) is 0 Å². The first-order valence-corrected chi connectivity index (χ1v) is 6.24. The molecular weight excluding hydrogens is 242 g/mol. The average Bonchev–Trinajstić information content (AvgIpc) is 2.72. The summed E-state index contributed by atoms with van der Waals surface area (Å²) in [6.45, 7) is 0. The summed E-state index contributed by atoms with van der Waals surface area (Å²) in [5.41, 5.74) is 8.57. The van der Waals surface area contributed by atoms with Crippen LogP contribution >= 0.6 is 0 Å². The van der Waals surface area contributed by atoms with Crippen LogP contribution in [-0.4, -0.2) is 16.4 Å². The molecule has 0 radical (unpaired) electrons. The Labute approximate surface area is 110 Å². The fourth-order valence-corrected chi connectivity index (χ4v) is 2.64. The van der Waals surface area contributed by atoms with Gasteiger partial charge in [0.2, 0.25) is 11.8 Å². The first-order chi connectivity index (χ1) is 9.06. The first kappa shape index (κ1) is 11.8. The molecule has 1 aromatic carbocycles. The minimum atomic E-state index is -0.292. The van der Waals surface area contributed by atoms with E-state index in [-0.39, 0.29) is 17.7 Å². The van der Waals surface area contributed by atoms with Gasteiger partial charge in [0.05, 0.1) is 11.4 Å². The summed E-state index contributed by atoms with van der Waals surface area (Å²) in [4.78, 5) is 23.1. The maximum Gasteiger partial charge on any atom is 0.234 e. The second-order valence-corrected chi connectivity index (χ2v) is 4.97. The van der Waals surface area contributed by atoms with Gasteiger partial charge in [-0.05, 0) is 30.2 Å². The Balaban J connectivity index is 2.07. The third-order valence-corrected chi connectivity index (χ3v) is 3.70. The number of rotatable bonds is 1. The summed E-state index contributed by atoms with van der Waals surface area (Å²) in [5.74, 6) is -0.724. The third-order valence-electron chi connectivity index (χ3n) is 3.70. The molecule has 2 heterocycles. The lowest BCUT2D eigenvalue weighted by atomic mass is 9.89. The molecule has 19 heavy (non-hydrogen) atoms. The van der Waals surface area contributed by atoms with Crippen LogP contribution in [0.2, 0.25) is 0 Å². The molecule has 5 nitrogen and oxygen atoms in total. The van der Waals surface area contributed by atoms with Crippen molar-refractivity contribution in [3.05, 3.63) is 30.0 Å². The standard InChI is InChI=1S/C14H15N3O2/c1-17-5-4-10-11(15)6-8(7-12(10)17)9-2-3-13(18)16-14(9)19/h4-7,9H,2-3,15H2,1H3,(H,16,18,19). The van der Waals surface area contributed by atoms with Crippen molar-refractivity contribution in [2.75, 3.05) is 5.73 Å². The monoisotopic (exact) mass is 257 g/mol. The molecule has 1 saturated heterocycles. The number of fused-ring (bicyclic) bond motifs is 1. The fourth-order valence-electron chi connectivity index (χ4n) is 2.64. The van der Waals surface area contributed by atoms with E-state index < -0.39 is 0 Å². The zero-order valence-electron chi connectivity index (χ0n) is 10.6. The number of imide groups is 1. The Bertz CT molecular complexity index is 687. The molecule has 0 saturated carbocycles. The van der Waals surface area contributed by atoms with Crippen LogP contribution in [0.5, 0.6) is 0 Å². The molecule has 2 amide bonds. The molecule has 98 valence electrons. The van der Waals surface area contributed by atoms with Crippen LogP contribution in [-0.2, 0) is 16.6 Å². The average molecular weight is 257 g/mol. The van der Waals surface area contributed by atoms with Crippen LogP contribution in [0.15, 0.2) is 24.4 Å². The fraction of sp³-hybridized carbons (Fsp3) is 0.286. The molecule has 1 aliphatic rings. The third kappa shape index (κ3) is 1.87. The summed E-state index contributed by atoms with van der Waals surface area (Å²) in [7, 11) is 1.94. The predicted molar refractivity (Wildman–Crippen MR) is 72.5 cm³/mol. The summed E-state index contributed by atoms with van der Waals surface area (Å²) in [6, 6.07) is 5.77. The maximum absolute atomic E-state index is 11.9. The van der Waals surface area contributed by atoms with Crippen molar-refractivity contribution in [2.24, 2.45) is 7.05 Å². The Morgan fingerprint density at radius 3 is 2.89 bits per heavy atom. The first-order valence-electron chi connectivity index (χ1n) is 6.24. The zero-order valence-corrected chi connectivity index (χ0v) is 10.6. The summed E-state index contributed by atoms with van der Waals surface area (Å²) >= 11 is 0. The van der Waals surface area contributed by atoms with Crippen molar-refractivity contribution in [1.29, 1.82) is 0 Å².